The number of hydrogen-bond acceptors (Lipinski definition) is 4. The number of thioether (sulfide) groups is 1. The van der Waals surface area contributed by atoms with Gasteiger partial charge in [0.2, 0.25) is 11.8 Å². The van der Waals surface area contributed by atoms with Crippen molar-refractivity contribution in [1.29, 1.82) is 0 Å². The van der Waals surface area contributed by atoms with Gasteiger partial charge in [-0.15, -0.1) is 11.8 Å². The van der Waals surface area contributed by atoms with Crippen molar-refractivity contribution in [1.82, 2.24) is 0 Å². The summed E-state index contributed by atoms with van der Waals surface area (Å²) in [5, 5.41) is 11.0. The standard InChI is InChI=1S/C11H12N2O4S/c12-11(17)7-1-3-8(4-2-7)13-9(14)5-18-6-10(15)16/h1-4H,5-6H2,(H2,12,17)(H,13,14)(H,15,16). The number of nitrogens with one attached hydrogen (secondary N) is 1. The lowest BCUT2D eigenvalue weighted by Gasteiger charge is -2.04. The van der Waals surface area contributed by atoms with Crippen molar-refractivity contribution >= 4 is 35.2 Å². The van der Waals surface area contributed by atoms with Gasteiger partial charge in [0.15, 0.2) is 0 Å². The van der Waals surface area contributed by atoms with E-state index in [2.05, 4.69) is 5.32 Å². The highest BCUT2D eigenvalue weighted by atomic mass is 32.2. The number of primary amides is 1. The maximum absolute atomic E-state index is 11.4. The van der Waals surface area contributed by atoms with Crippen LogP contribution in [0.1, 0.15) is 10.4 Å². The quantitative estimate of drug-likeness (QED) is 0.697. The average molecular weight is 268 g/mol. The molecule has 7 heteroatoms. The van der Waals surface area contributed by atoms with Gasteiger partial charge in [0.25, 0.3) is 0 Å². The number of carboxylic acids is 1. The number of hydrogen-bond donors (Lipinski definition) is 3. The van der Waals surface area contributed by atoms with E-state index in [-0.39, 0.29) is 17.4 Å². The second-order valence-corrected chi connectivity index (χ2v) is 4.36. The molecule has 2 amide bonds. The van der Waals surface area contributed by atoms with Crippen LogP contribution in [0.2, 0.25) is 0 Å². The van der Waals surface area contributed by atoms with Crippen LogP contribution in [0.15, 0.2) is 24.3 Å². The topological polar surface area (TPSA) is 109 Å². The molecule has 1 aromatic carbocycles. The third-order valence-corrected chi connectivity index (χ3v) is 2.83. The van der Waals surface area contributed by atoms with Crippen molar-refractivity contribution in [3.05, 3.63) is 29.8 Å². The zero-order valence-corrected chi connectivity index (χ0v) is 10.2. The van der Waals surface area contributed by atoms with Crippen molar-refractivity contribution in [3.8, 4) is 0 Å². The van der Waals surface area contributed by atoms with E-state index in [1.807, 2.05) is 0 Å². The van der Waals surface area contributed by atoms with E-state index in [0.29, 0.717) is 11.3 Å². The summed E-state index contributed by atoms with van der Waals surface area (Å²) in [4.78, 5) is 32.5. The number of carbonyl (C=O) groups excluding carboxylic acids is 2. The van der Waals surface area contributed by atoms with Crippen molar-refractivity contribution in [3.63, 3.8) is 0 Å². The van der Waals surface area contributed by atoms with E-state index in [1.54, 1.807) is 12.1 Å². The molecule has 96 valence electrons. The maximum atomic E-state index is 11.4. The normalized spacial score (nSPS) is 9.78. The van der Waals surface area contributed by atoms with Crippen LogP contribution in [0.25, 0.3) is 0 Å². The van der Waals surface area contributed by atoms with Crippen LogP contribution in [-0.4, -0.2) is 34.4 Å². The molecule has 0 aromatic heterocycles. The molecule has 0 aliphatic heterocycles. The number of aliphatic carboxylic acids is 1. The lowest BCUT2D eigenvalue weighted by atomic mass is 10.2. The Morgan fingerprint density at radius 2 is 1.78 bits per heavy atom. The lowest BCUT2D eigenvalue weighted by Crippen LogP contribution is -2.16. The van der Waals surface area contributed by atoms with Crippen molar-refractivity contribution < 1.29 is 19.5 Å². The highest BCUT2D eigenvalue weighted by Crippen LogP contribution is 2.10. The summed E-state index contributed by atoms with van der Waals surface area (Å²) in [6.07, 6.45) is 0. The fourth-order valence-corrected chi connectivity index (χ4v) is 1.68. The second-order valence-electron chi connectivity index (χ2n) is 3.38. The van der Waals surface area contributed by atoms with Gasteiger partial charge in [0.05, 0.1) is 11.5 Å². The van der Waals surface area contributed by atoms with Crippen LogP contribution in [-0.2, 0) is 9.59 Å². The summed E-state index contributed by atoms with van der Waals surface area (Å²) < 4.78 is 0. The third-order valence-electron chi connectivity index (χ3n) is 1.91. The van der Waals surface area contributed by atoms with E-state index in [0.717, 1.165) is 11.8 Å². The number of carboxylic acid groups (broad SMARTS) is 1. The predicted molar refractivity (Wildman–Crippen MR) is 68.6 cm³/mol. The number of nitrogens with two attached hydrogens (primary N) is 1. The summed E-state index contributed by atoms with van der Waals surface area (Å²) >= 11 is 1.01. The predicted octanol–water partition coefficient (Wildman–Crippen LogP) is 0.542. The molecule has 1 aromatic rings. The molecule has 0 aliphatic rings. The first-order valence-corrected chi connectivity index (χ1v) is 6.14. The molecule has 0 spiro atoms. The van der Waals surface area contributed by atoms with Gasteiger partial charge in [-0.2, -0.15) is 0 Å². The Labute approximate surface area is 108 Å². The Bertz CT molecular complexity index is 459. The Balaban J connectivity index is 2.44. The number of rotatable bonds is 6. The number of anilines is 1. The molecule has 18 heavy (non-hydrogen) atoms. The van der Waals surface area contributed by atoms with E-state index in [9.17, 15) is 14.4 Å². The molecular weight excluding hydrogens is 256 g/mol. The molecule has 0 radical (unpaired) electrons. The summed E-state index contributed by atoms with van der Waals surface area (Å²) in [5.74, 6) is -1.85. The minimum atomic E-state index is -0.960. The molecule has 0 heterocycles. The molecule has 0 atom stereocenters. The van der Waals surface area contributed by atoms with Gasteiger partial charge in [-0.1, -0.05) is 0 Å². The van der Waals surface area contributed by atoms with Gasteiger partial charge < -0.3 is 16.2 Å². The zero-order valence-electron chi connectivity index (χ0n) is 9.38. The van der Waals surface area contributed by atoms with Crippen LogP contribution < -0.4 is 11.1 Å². The first kappa shape index (κ1) is 14.0. The molecule has 0 saturated carbocycles. The summed E-state index contributed by atoms with van der Waals surface area (Å²) in [5.41, 5.74) is 5.96. The Morgan fingerprint density at radius 3 is 2.28 bits per heavy atom. The first-order chi connectivity index (χ1) is 8.49. The van der Waals surface area contributed by atoms with Gasteiger partial charge in [0, 0.05) is 11.3 Å². The number of benzene rings is 1. The Hall–Kier alpha value is -2.02. The van der Waals surface area contributed by atoms with E-state index in [1.165, 1.54) is 12.1 Å². The monoisotopic (exact) mass is 268 g/mol. The molecule has 6 nitrogen and oxygen atoms in total. The zero-order chi connectivity index (χ0) is 13.5. The van der Waals surface area contributed by atoms with Crippen LogP contribution in [0.5, 0.6) is 0 Å². The van der Waals surface area contributed by atoms with Crippen LogP contribution in [0.4, 0.5) is 5.69 Å². The molecule has 0 unspecified atom stereocenters. The van der Waals surface area contributed by atoms with Crippen LogP contribution >= 0.6 is 11.8 Å². The van der Waals surface area contributed by atoms with Crippen molar-refractivity contribution in [2.45, 2.75) is 0 Å². The number of amides is 2. The van der Waals surface area contributed by atoms with Crippen molar-refractivity contribution in [2.75, 3.05) is 16.8 Å². The van der Waals surface area contributed by atoms with Gasteiger partial charge in [-0.25, -0.2) is 0 Å². The molecule has 0 bridgehead atoms. The fraction of sp³-hybridized carbons (Fsp3) is 0.182. The molecule has 0 aliphatic carbocycles. The summed E-state index contributed by atoms with van der Waals surface area (Å²) in [7, 11) is 0. The van der Waals surface area contributed by atoms with E-state index >= 15 is 0 Å². The number of carbonyl (C=O) groups is 3. The minimum Gasteiger partial charge on any atom is -0.481 e. The van der Waals surface area contributed by atoms with Crippen LogP contribution in [0, 0.1) is 0 Å². The van der Waals surface area contributed by atoms with Gasteiger partial charge >= 0.3 is 5.97 Å². The van der Waals surface area contributed by atoms with Gasteiger partial charge in [-0.05, 0) is 24.3 Å². The summed E-state index contributed by atoms with van der Waals surface area (Å²) in [6.45, 7) is 0. The molecule has 0 saturated heterocycles. The average Bonchev–Trinajstić information content (AvgIpc) is 2.29. The molecule has 0 fully saturated rings. The van der Waals surface area contributed by atoms with Crippen molar-refractivity contribution in [2.24, 2.45) is 5.73 Å². The molecule has 4 N–H and O–H groups in total. The van der Waals surface area contributed by atoms with Gasteiger partial charge in [-0.3, -0.25) is 14.4 Å². The van der Waals surface area contributed by atoms with Gasteiger partial charge in [0.1, 0.15) is 0 Å². The Kier molecular flexibility index (Phi) is 5.19. The maximum Gasteiger partial charge on any atom is 0.313 e. The second kappa shape index (κ2) is 6.65. The van der Waals surface area contributed by atoms with E-state index < -0.39 is 11.9 Å². The molecular formula is C11H12N2O4S. The fourth-order valence-electron chi connectivity index (χ4n) is 1.15. The Morgan fingerprint density at radius 1 is 1.17 bits per heavy atom. The highest BCUT2D eigenvalue weighted by Gasteiger charge is 2.05. The minimum absolute atomic E-state index is 0.0594. The largest absolute Gasteiger partial charge is 0.481 e. The summed E-state index contributed by atoms with van der Waals surface area (Å²) in [6, 6.07) is 6.12. The first-order valence-electron chi connectivity index (χ1n) is 4.98. The lowest BCUT2D eigenvalue weighted by molar-refractivity contribution is -0.133. The van der Waals surface area contributed by atoms with Crippen LogP contribution in [0.3, 0.4) is 0 Å². The highest BCUT2D eigenvalue weighted by molar-refractivity contribution is 8.00. The smallest absolute Gasteiger partial charge is 0.313 e. The SMILES string of the molecule is NC(=O)c1ccc(NC(=O)CSCC(=O)O)cc1. The molecule has 1 rings (SSSR count). The van der Waals surface area contributed by atoms with E-state index in [4.69, 9.17) is 10.8 Å². The third kappa shape index (κ3) is 4.88.